The first kappa shape index (κ1) is 37.9. The standard InChI is InChI=1S/C18H13ClF3NO7.C13H15N3O3/c1-2-28-16(24)9-29-17(25)12-8-11(4-5-14(12)23(26)27)30-15-6-3-10(7-13(15)19)18(20,21)22;1-7(2)13(3)12(19)15-10(16-13)9-8(11(17)18)5-4-6-14-9/h3-8H,2,9H2,1H3;4-7H,1-3H3,(H,17,18)(H,15,16,19). The molecule has 0 aliphatic carbocycles. The van der Waals surface area contributed by atoms with Crippen molar-refractivity contribution in [1.82, 2.24) is 10.3 Å². The number of nitro benzene ring substituents is 1. The number of carboxylic acid groups (broad SMARTS) is 1. The number of carbonyl (C=O) groups is 4. The van der Waals surface area contributed by atoms with Gasteiger partial charge in [0.2, 0.25) is 0 Å². The zero-order chi connectivity index (χ0) is 36.7. The van der Waals surface area contributed by atoms with Crippen molar-refractivity contribution in [3.63, 3.8) is 0 Å². The largest absolute Gasteiger partial charge is 0.478 e. The highest BCUT2D eigenvalue weighted by Crippen LogP contribution is 2.37. The number of nitrogens with zero attached hydrogens (tertiary/aromatic N) is 3. The Kier molecular flexibility index (Phi) is 12.0. The summed E-state index contributed by atoms with van der Waals surface area (Å²) in [7, 11) is 0. The quantitative estimate of drug-likeness (QED) is 0.146. The Hall–Kier alpha value is -5.58. The van der Waals surface area contributed by atoms with Gasteiger partial charge in [0.15, 0.2) is 12.4 Å². The fourth-order valence-corrected chi connectivity index (χ4v) is 4.23. The Morgan fingerprint density at radius 2 is 1.80 bits per heavy atom. The van der Waals surface area contributed by atoms with Crippen molar-refractivity contribution in [2.45, 2.75) is 39.4 Å². The van der Waals surface area contributed by atoms with E-state index in [2.05, 4.69) is 20.0 Å². The Morgan fingerprint density at radius 3 is 2.35 bits per heavy atom. The van der Waals surface area contributed by atoms with Crippen LogP contribution in [0.15, 0.2) is 59.7 Å². The number of hydrogen-bond donors (Lipinski definition) is 2. The zero-order valence-electron chi connectivity index (χ0n) is 26.2. The number of nitro groups is 1. The van der Waals surface area contributed by atoms with E-state index < -0.39 is 58.0 Å². The second-order valence-electron chi connectivity index (χ2n) is 10.5. The highest BCUT2D eigenvalue weighted by Gasteiger charge is 2.43. The van der Waals surface area contributed by atoms with Crippen molar-refractivity contribution < 1.29 is 56.6 Å². The number of amides is 1. The zero-order valence-corrected chi connectivity index (χ0v) is 26.9. The van der Waals surface area contributed by atoms with Crippen molar-refractivity contribution in [3.8, 4) is 11.5 Å². The molecule has 2 N–H and O–H groups in total. The number of esters is 2. The fourth-order valence-electron chi connectivity index (χ4n) is 4.01. The highest BCUT2D eigenvalue weighted by molar-refractivity contribution is 6.32. The molecule has 49 heavy (non-hydrogen) atoms. The second kappa shape index (κ2) is 15.5. The highest BCUT2D eigenvalue weighted by atomic mass is 35.5. The number of aliphatic imine (C=N–C) groups is 1. The smallest absolute Gasteiger partial charge is 0.416 e. The number of benzene rings is 2. The molecule has 0 radical (unpaired) electrons. The van der Waals surface area contributed by atoms with Gasteiger partial charge in [-0.05, 0) is 56.2 Å². The molecule has 2 aromatic carbocycles. The summed E-state index contributed by atoms with van der Waals surface area (Å²) in [5, 5.41) is 22.5. The van der Waals surface area contributed by atoms with Crippen LogP contribution in [-0.4, -0.2) is 63.4 Å². The van der Waals surface area contributed by atoms with Crippen LogP contribution in [0.5, 0.6) is 11.5 Å². The maximum absolute atomic E-state index is 12.7. The number of rotatable bonds is 10. The fraction of sp³-hybridized carbons (Fsp3) is 0.290. The number of hydrogen-bond acceptors (Lipinski definition) is 11. The molecule has 1 aliphatic heterocycles. The normalized spacial score (nSPS) is 15.4. The van der Waals surface area contributed by atoms with Crippen molar-refractivity contribution in [2.75, 3.05) is 13.2 Å². The van der Waals surface area contributed by atoms with Gasteiger partial charge in [0.05, 0.1) is 27.7 Å². The van der Waals surface area contributed by atoms with Gasteiger partial charge in [0, 0.05) is 18.3 Å². The van der Waals surface area contributed by atoms with E-state index in [1.807, 2.05) is 13.8 Å². The van der Waals surface area contributed by atoms with Crippen LogP contribution in [0.1, 0.15) is 59.7 Å². The SMILES string of the molecule is CC(C)C1(C)N=C(c2ncccc2C(=O)O)NC1=O.CCOC(=O)COC(=O)c1cc(Oc2ccc(C(F)(F)F)cc2Cl)ccc1[N+](=O)[O-]. The van der Waals surface area contributed by atoms with Gasteiger partial charge in [0.1, 0.15) is 28.3 Å². The number of pyridine rings is 1. The molecule has 1 amide bonds. The lowest BCUT2D eigenvalue weighted by Gasteiger charge is -2.21. The van der Waals surface area contributed by atoms with Gasteiger partial charge < -0.3 is 24.6 Å². The molecule has 2 heterocycles. The number of alkyl halides is 3. The first-order valence-corrected chi connectivity index (χ1v) is 14.5. The van der Waals surface area contributed by atoms with E-state index >= 15 is 0 Å². The number of aromatic carboxylic acids is 1. The van der Waals surface area contributed by atoms with E-state index in [-0.39, 0.29) is 52.0 Å². The van der Waals surface area contributed by atoms with Gasteiger partial charge >= 0.3 is 24.1 Å². The van der Waals surface area contributed by atoms with Crippen LogP contribution < -0.4 is 10.1 Å². The van der Waals surface area contributed by atoms with Crippen LogP contribution in [0.4, 0.5) is 18.9 Å². The van der Waals surface area contributed by atoms with Gasteiger partial charge in [0.25, 0.3) is 11.6 Å². The molecule has 4 rings (SSSR count). The topological polar surface area (TPSA) is 197 Å². The number of carbonyl (C=O) groups excluding carboxylic acids is 3. The van der Waals surface area contributed by atoms with Crippen molar-refractivity contribution >= 4 is 46.9 Å². The summed E-state index contributed by atoms with van der Waals surface area (Å²) in [6.45, 7) is 6.33. The molecule has 1 unspecified atom stereocenters. The maximum atomic E-state index is 12.7. The molecule has 0 fully saturated rings. The van der Waals surface area contributed by atoms with Crippen molar-refractivity contribution in [3.05, 3.63) is 92.2 Å². The molecule has 14 nitrogen and oxygen atoms in total. The molecule has 0 bridgehead atoms. The molecular weight excluding hydrogens is 681 g/mol. The number of nitrogens with one attached hydrogen (secondary N) is 1. The Bertz CT molecular complexity index is 1820. The molecule has 3 aromatic rings. The minimum Gasteiger partial charge on any atom is -0.478 e. The summed E-state index contributed by atoms with van der Waals surface area (Å²) >= 11 is 5.81. The van der Waals surface area contributed by atoms with Crippen LogP contribution >= 0.6 is 11.6 Å². The number of ether oxygens (including phenoxy) is 3. The number of carboxylic acids is 1. The summed E-state index contributed by atoms with van der Waals surface area (Å²) in [6.07, 6.45) is -3.13. The van der Waals surface area contributed by atoms with Crippen LogP contribution in [0.2, 0.25) is 5.02 Å². The lowest BCUT2D eigenvalue weighted by atomic mass is 9.89. The molecular formula is C31H28ClF3N4O10. The minimum absolute atomic E-state index is 0.00184. The van der Waals surface area contributed by atoms with E-state index in [1.54, 1.807) is 6.92 Å². The first-order chi connectivity index (χ1) is 22.9. The summed E-state index contributed by atoms with van der Waals surface area (Å²) in [5.41, 5.74) is -2.84. The monoisotopic (exact) mass is 708 g/mol. The predicted octanol–water partition coefficient (Wildman–Crippen LogP) is 5.85. The third-order valence-electron chi connectivity index (χ3n) is 6.92. The van der Waals surface area contributed by atoms with Gasteiger partial charge in [-0.25, -0.2) is 19.4 Å². The van der Waals surface area contributed by atoms with Gasteiger partial charge in [-0.1, -0.05) is 25.4 Å². The maximum Gasteiger partial charge on any atom is 0.416 e. The Morgan fingerprint density at radius 1 is 1.10 bits per heavy atom. The second-order valence-corrected chi connectivity index (χ2v) is 10.9. The third-order valence-corrected chi connectivity index (χ3v) is 7.22. The van der Waals surface area contributed by atoms with E-state index in [1.165, 1.54) is 25.3 Å². The van der Waals surface area contributed by atoms with Crippen LogP contribution in [0.25, 0.3) is 0 Å². The van der Waals surface area contributed by atoms with Crippen molar-refractivity contribution in [2.24, 2.45) is 10.9 Å². The van der Waals surface area contributed by atoms with Gasteiger partial charge in [-0.2, -0.15) is 13.2 Å². The predicted molar refractivity (Wildman–Crippen MR) is 166 cm³/mol. The molecule has 260 valence electrons. The number of amidine groups is 1. The average Bonchev–Trinajstić information content (AvgIpc) is 3.35. The van der Waals surface area contributed by atoms with Crippen molar-refractivity contribution in [1.29, 1.82) is 0 Å². The minimum atomic E-state index is -4.61. The van der Waals surface area contributed by atoms with Gasteiger partial charge in [-0.15, -0.1) is 0 Å². The summed E-state index contributed by atoms with van der Waals surface area (Å²) in [6, 6.07) is 8.32. The summed E-state index contributed by atoms with van der Waals surface area (Å²) in [5.74, 6) is -3.47. The average molecular weight is 709 g/mol. The van der Waals surface area contributed by atoms with E-state index in [0.29, 0.717) is 6.07 Å². The van der Waals surface area contributed by atoms with E-state index in [4.69, 9.17) is 26.2 Å². The molecule has 0 spiro atoms. The lowest BCUT2D eigenvalue weighted by molar-refractivity contribution is -0.385. The summed E-state index contributed by atoms with van der Waals surface area (Å²) < 4.78 is 52.8. The number of halogens is 4. The van der Waals surface area contributed by atoms with Gasteiger partial charge in [-0.3, -0.25) is 19.9 Å². The lowest BCUT2D eigenvalue weighted by Crippen LogP contribution is -2.41. The van der Waals surface area contributed by atoms with Crippen LogP contribution in [-0.2, 0) is 25.2 Å². The van der Waals surface area contributed by atoms with Crippen LogP contribution in [0, 0.1) is 16.0 Å². The molecule has 0 saturated heterocycles. The molecule has 1 aliphatic rings. The molecule has 0 saturated carbocycles. The first-order valence-electron chi connectivity index (χ1n) is 14.1. The third kappa shape index (κ3) is 9.28. The summed E-state index contributed by atoms with van der Waals surface area (Å²) in [4.78, 5) is 65.3. The molecule has 1 aromatic heterocycles. The van der Waals surface area contributed by atoms with E-state index in [9.17, 15) is 42.5 Å². The van der Waals surface area contributed by atoms with E-state index in [0.717, 1.165) is 30.3 Å². The molecule has 1 atom stereocenters. The Labute approximate surface area is 281 Å². The van der Waals surface area contributed by atoms with Crippen LogP contribution in [0.3, 0.4) is 0 Å². The number of aromatic nitrogens is 1. The Balaban J connectivity index is 0.000000293. The molecule has 18 heteroatoms.